The first-order valence-corrected chi connectivity index (χ1v) is 15.7. The maximum Gasteiger partial charge on any atom is 0.363 e. The molecule has 0 spiro atoms. The van der Waals surface area contributed by atoms with Crippen molar-refractivity contribution in [3.63, 3.8) is 0 Å². The lowest BCUT2D eigenvalue weighted by atomic mass is 9.57. The zero-order chi connectivity index (χ0) is 33.0. The van der Waals surface area contributed by atoms with Crippen molar-refractivity contribution in [2.75, 3.05) is 26.8 Å². The molecule has 5 atom stereocenters. The Balaban J connectivity index is 1.36. The number of ketones is 1. The number of hydrogen-bond acceptors (Lipinski definition) is 10. The number of fused-ring (bicyclic) bond motifs is 2. The van der Waals surface area contributed by atoms with Crippen LogP contribution in [0.15, 0.2) is 42.0 Å². The number of methoxy groups -OCH3 is 1. The molecule has 2 heterocycles. The molecule has 1 aromatic carbocycles. The largest absolute Gasteiger partial charge is 0.458 e. The Labute approximate surface area is 266 Å². The lowest BCUT2D eigenvalue weighted by Crippen LogP contribution is -2.56. The van der Waals surface area contributed by atoms with Gasteiger partial charge in [0.25, 0.3) is 11.8 Å². The van der Waals surface area contributed by atoms with Crippen molar-refractivity contribution in [1.82, 2.24) is 15.7 Å². The minimum Gasteiger partial charge on any atom is -0.458 e. The molecule has 0 saturated carbocycles. The number of carbonyl (C=O) groups excluding carboxylic acids is 6. The van der Waals surface area contributed by atoms with Gasteiger partial charge in [-0.3, -0.25) is 24.0 Å². The number of carbonyl (C=O) groups is 6. The van der Waals surface area contributed by atoms with Gasteiger partial charge in [0.1, 0.15) is 5.75 Å². The summed E-state index contributed by atoms with van der Waals surface area (Å²) >= 11 is 0. The van der Waals surface area contributed by atoms with E-state index in [0.717, 1.165) is 6.42 Å². The van der Waals surface area contributed by atoms with Gasteiger partial charge >= 0.3 is 5.97 Å². The van der Waals surface area contributed by atoms with E-state index >= 15 is 0 Å². The topological polar surface area (TPSA) is 178 Å². The molecule has 46 heavy (non-hydrogen) atoms. The average molecular weight is 638 g/mol. The zero-order valence-corrected chi connectivity index (χ0v) is 25.9. The summed E-state index contributed by atoms with van der Waals surface area (Å²) in [6.45, 7) is 1.85. The molecule has 1 aromatic rings. The number of imide groups is 1. The Morgan fingerprint density at radius 1 is 1.09 bits per heavy atom. The third kappa shape index (κ3) is 6.47. The van der Waals surface area contributed by atoms with Gasteiger partial charge in [-0.25, -0.2) is 4.79 Å². The van der Waals surface area contributed by atoms with E-state index in [1.165, 1.54) is 19.3 Å². The molecule has 13 heteroatoms. The number of allylic oxidation sites excluding steroid dienone is 2. The number of hydroxylamine groups is 2. The van der Waals surface area contributed by atoms with Gasteiger partial charge in [0.15, 0.2) is 5.78 Å². The SMILES string of the molecule is CC[C@H]1[C@@H]2c3cc(C(=O)ON4C(=O)CCC4=O)ccc3O[C@]3(OC)C=CC(=O)C(=C[C@@H]1CCCCC(=O)NCC(=O)NCCO)[C@H]23. The number of nitrogens with zero attached hydrogens (tertiary/aromatic N) is 1. The monoisotopic (exact) mass is 637 g/mol. The van der Waals surface area contributed by atoms with Gasteiger partial charge in [-0.05, 0) is 60.6 Å². The standard InChI is InChI=1S/C33H39N3O10/c1-3-21-19(6-4-5-7-26(39)35-18-27(40)34-14-15-37)16-22-24(38)12-13-33(44-2)31(22)30(21)23-17-20(8-9-25(23)45-33)32(43)46-36-28(41)10-11-29(36)42/h8-9,12-13,16-17,19,21,30-31,37H,3-7,10-11,14-15,18H2,1-2H3,(H,34,40)(H,35,39)/t19-,21+,30+,31+,33+/m0/s1. The highest BCUT2D eigenvalue weighted by atomic mass is 16.7. The van der Waals surface area contributed by atoms with Crippen LogP contribution in [0.3, 0.4) is 0 Å². The van der Waals surface area contributed by atoms with E-state index in [1.807, 2.05) is 6.08 Å². The second kappa shape index (κ2) is 14.0. The Hall–Kier alpha value is -4.36. The summed E-state index contributed by atoms with van der Waals surface area (Å²) in [6.07, 6.45) is 8.03. The van der Waals surface area contributed by atoms with Crippen LogP contribution in [0.2, 0.25) is 0 Å². The quantitative estimate of drug-likeness (QED) is 0.214. The highest BCUT2D eigenvalue weighted by Gasteiger charge is 2.58. The first kappa shape index (κ1) is 33.0. The highest BCUT2D eigenvalue weighted by molar-refractivity contribution is 6.06. The number of unbranched alkanes of at least 4 members (excludes halogenated alkanes) is 1. The average Bonchev–Trinajstić information content (AvgIpc) is 3.37. The van der Waals surface area contributed by atoms with Crippen LogP contribution in [-0.2, 0) is 33.5 Å². The molecule has 4 aliphatic rings. The predicted octanol–water partition coefficient (Wildman–Crippen LogP) is 1.85. The molecule has 4 amide bonds. The van der Waals surface area contributed by atoms with Crippen LogP contribution in [0.4, 0.5) is 0 Å². The molecule has 0 aromatic heterocycles. The second-order valence-corrected chi connectivity index (χ2v) is 11.9. The van der Waals surface area contributed by atoms with Crippen molar-refractivity contribution >= 4 is 35.4 Å². The third-order valence-corrected chi connectivity index (χ3v) is 9.20. The Morgan fingerprint density at radius 3 is 2.54 bits per heavy atom. The lowest BCUT2D eigenvalue weighted by molar-refractivity contribution is -0.180. The number of aliphatic hydroxyl groups is 1. The fourth-order valence-corrected chi connectivity index (χ4v) is 7.04. The summed E-state index contributed by atoms with van der Waals surface area (Å²) in [5.41, 5.74) is 1.41. The van der Waals surface area contributed by atoms with Crippen molar-refractivity contribution < 1.29 is 48.2 Å². The number of nitrogens with one attached hydrogen (secondary N) is 2. The number of ether oxygens (including phenoxy) is 2. The smallest absolute Gasteiger partial charge is 0.363 e. The summed E-state index contributed by atoms with van der Waals surface area (Å²) in [5, 5.41) is 14.4. The van der Waals surface area contributed by atoms with Gasteiger partial charge < -0.3 is 30.1 Å². The normalized spacial score (nSPS) is 26.1. The van der Waals surface area contributed by atoms with Gasteiger partial charge in [0.2, 0.25) is 17.6 Å². The first-order valence-electron chi connectivity index (χ1n) is 15.7. The van der Waals surface area contributed by atoms with Gasteiger partial charge in [-0.15, -0.1) is 5.06 Å². The summed E-state index contributed by atoms with van der Waals surface area (Å²) in [7, 11) is 1.53. The molecule has 2 aliphatic heterocycles. The van der Waals surface area contributed by atoms with Gasteiger partial charge in [-0.2, -0.15) is 0 Å². The van der Waals surface area contributed by atoms with E-state index in [2.05, 4.69) is 17.6 Å². The summed E-state index contributed by atoms with van der Waals surface area (Å²) in [5.74, 6) is -4.29. The number of rotatable bonds is 13. The summed E-state index contributed by atoms with van der Waals surface area (Å²) in [6, 6.07) is 4.80. The molecule has 1 saturated heterocycles. The first-order chi connectivity index (χ1) is 22.1. The van der Waals surface area contributed by atoms with Gasteiger partial charge in [0, 0.05) is 44.4 Å². The van der Waals surface area contributed by atoms with Crippen LogP contribution in [0, 0.1) is 17.8 Å². The van der Waals surface area contributed by atoms with E-state index in [0.29, 0.717) is 41.2 Å². The van der Waals surface area contributed by atoms with E-state index in [-0.39, 0.29) is 79.9 Å². The van der Waals surface area contributed by atoms with Crippen molar-refractivity contribution in [1.29, 1.82) is 0 Å². The molecule has 246 valence electrons. The molecule has 2 aliphatic carbocycles. The Morgan fingerprint density at radius 2 is 1.85 bits per heavy atom. The van der Waals surface area contributed by atoms with E-state index < -0.39 is 29.5 Å². The van der Waals surface area contributed by atoms with Crippen molar-refractivity contribution in [3.05, 3.63) is 53.1 Å². The molecule has 13 nitrogen and oxygen atoms in total. The van der Waals surface area contributed by atoms with Crippen LogP contribution in [-0.4, -0.2) is 78.1 Å². The van der Waals surface area contributed by atoms with E-state index in [1.54, 1.807) is 18.2 Å². The number of aliphatic hydroxyl groups excluding tert-OH is 1. The maximum atomic E-state index is 13.3. The maximum absolute atomic E-state index is 13.3. The molecular weight excluding hydrogens is 598 g/mol. The van der Waals surface area contributed by atoms with Crippen LogP contribution in [0.5, 0.6) is 5.75 Å². The minimum absolute atomic E-state index is 0.0160. The molecule has 1 fully saturated rings. The number of benzene rings is 1. The van der Waals surface area contributed by atoms with Gasteiger partial charge in [-0.1, -0.05) is 25.8 Å². The van der Waals surface area contributed by atoms with Crippen molar-refractivity contribution in [3.8, 4) is 5.75 Å². The van der Waals surface area contributed by atoms with Crippen molar-refractivity contribution in [2.45, 2.75) is 63.6 Å². The van der Waals surface area contributed by atoms with E-state index in [4.69, 9.17) is 19.4 Å². The fourth-order valence-electron chi connectivity index (χ4n) is 7.04. The van der Waals surface area contributed by atoms with E-state index in [9.17, 15) is 28.8 Å². The molecule has 3 N–H and O–H groups in total. The summed E-state index contributed by atoms with van der Waals surface area (Å²) < 4.78 is 12.4. The highest BCUT2D eigenvalue weighted by Crippen LogP contribution is 2.59. The van der Waals surface area contributed by atoms with Crippen LogP contribution in [0.1, 0.15) is 73.7 Å². The fraction of sp³-hybridized carbons (Fsp3) is 0.515. The van der Waals surface area contributed by atoms with Gasteiger partial charge in [0.05, 0.1) is 24.6 Å². The van der Waals surface area contributed by atoms with Crippen LogP contribution in [0.25, 0.3) is 0 Å². The zero-order valence-electron chi connectivity index (χ0n) is 25.9. The molecule has 5 rings (SSSR count). The summed E-state index contributed by atoms with van der Waals surface area (Å²) in [4.78, 5) is 79.7. The Bertz CT molecular complexity index is 1470. The van der Waals surface area contributed by atoms with Crippen LogP contribution >= 0.6 is 0 Å². The lowest BCUT2D eigenvalue weighted by Gasteiger charge is -2.53. The van der Waals surface area contributed by atoms with Crippen LogP contribution < -0.4 is 15.4 Å². The molecule has 0 radical (unpaired) electrons. The Kier molecular flexibility index (Phi) is 10.0. The molecule has 0 unspecified atom stereocenters. The number of amides is 4. The predicted molar refractivity (Wildman–Crippen MR) is 161 cm³/mol. The third-order valence-electron chi connectivity index (χ3n) is 9.20. The molecule has 0 bridgehead atoms. The second-order valence-electron chi connectivity index (χ2n) is 11.9. The minimum atomic E-state index is -1.23. The number of hydrogen-bond donors (Lipinski definition) is 3. The molecular formula is C33H39N3O10. The van der Waals surface area contributed by atoms with Crippen molar-refractivity contribution in [2.24, 2.45) is 17.8 Å².